The Bertz CT molecular complexity index is 1070. The first-order valence-corrected chi connectivity index (χ1v) is 10.8. The van der Waals surface area contributed by atoms with Gasteiger partial charge in [0, 0.05) is 37.3 Å². The van der Waals surface area contributed by atoms with Gasteiger partial charge in [-0.1, -0.05) is 30.3 Å². The molecule has 2 aromatic rings. The molecular formula is C24H26N4O3. The van der Waals surface area contributed by atoms with Crippen molar-refractivity contribution in [2.75, 3.05) is 18.0 Å². The third kappa shape index (κ3) is 3.49. The van der Waals surface area contributed by atoms with Crippen molar-refractivity contribution in [3.05, 3.63) is 64.7 Å². The number of rotatable bonds is 4. The predicted octanol–water partition coefficient (Wildman–Crippen LogP) is 1.59. The topological polar surface area (TPSA) is 95.7 Å². The first-order valence-electron chi connectivity index (χ1n) is 10.8. The molecule has 0 spiro atoms. The molecule has 31 heavy (non-hydrogen) atoms. The molecule has 7 heteroatoms. The highest BCUT2D eigenvalue weighted by Crippen LogP contribution is 2.34. The fourth-order valence-corrected chi connectivity index (χ4v) is 5.09. The number of hydrogen-bond donors (Lipinski definition) is 2. The summed E-state index contributed by atoms with van der Waals surface area (Å²) in [5.41, 5.74) is 11.3. The Hall–Kier alpha value is -3.19. The van der Waals surface area contributed by atoms with Gasteiger partial charge in [0.25, 0.3) is 5.91 Å². The average Bonchev–Trinajstić information content (AvgIpc) is 3.11. The zero-order valence-corrected chi connectivity index (χ0v) is 17.3. The van der Waals surface area contributed by atoms with Crippen LogP contribution in [0.3, 0.4) is 0 Å². The molecule has 160 valence electrons. The predicted molar refractivity (Wildman–Crippen MR) is 116 cm³/mol. The summed E-state index contributed by atoms with van der Waals surface area (Å²) in [5, 5.41) is 2.36. The van der Waals surface area contributed by atoms with Crippen molar-refractivity contribution in [1.29, 1.82) is 0 Å². The van der Waals surface area contributed by atoms with Crippen molar-refractivity contribution in [2.45, 2.75) is 38.4 Å². The summed E-state index contributed by atoms with van der Waals surface area (Å²) in [6.45, 7) is 2.60. The van der Waals surface area contributed by atoms with Crippen LogP contribution < -0.4 is 16.0 Å². The van der Waals surface area contributed by atoms with Crippen LogP contribution in [0.15, 0.2) is 42.5 Å². The molecule has 0 bridgehead atoms. The number of amides is 3. The monoisotopic (exact) mass is 418 g/mol. The lowest BCUT2D eigenvalue weighted by Crippen LogP contribution is -2.52. The quantitative estimate of drug-likeness (QED) is 0.735. The molecule has 3 heterocycles. The second kappa shape index (κ2) is 7.81. The van der Waals surface area contributed by atoms with E-state index in [-0.39, 0.29) is 24.1 Å². The Morgan fingerprint density at radius 1 is 1.06 bits per heavy atom. The van der Waals surface area contributed by atoms with Crippen LogP contribution in [0.4, 0.5) is 5.69 Å². The maximum Gasteiger partial charge on any atom is 0.255 e. The van der Waals surface area contributed by atoms with Crippen LogP contribution in [-0.2, 0) is 29.1 Å². The number of benzene rings is 2. The van der Waals surface area contributed by atoms with Crippen LogP contribution in [0.2, 0.25) is 0 Å². The fourth-order valence-electron chi connectivity index (χ4n) is 5.09. The Morgan fingerprint density at radius 2 is 1.90 bits per heavy atom. The number of piperidine rings is 1. The molecule has 7 nitrogen and oxygen atoms in total. The standard InChI is InChI=1S/C24H26N4O3/c25-11-15-10-16-4-1-2-7-20(16)27(12-15)13-17-5-3-6-18-19(17)14-28(24(18)31)21-8-9-22(29)26-23(21)30/h1-7,15,21H,8-14,25H2,(H,26,29,30). The molecule has 3 aliphatic rings. The second-order valence-corrected chi connectivity index (χ2v) is 8.66. The number of nitrogens with zero attached hydrogens (tertiary/aromatic N) is 2. The fraction of sp³-hybridized carbons (Fsp3) is 0.375. The van der Waals surface area contributed by atoms with Gasteiger partial charge in [0.15, 0.2) is 0 Å². The summed E-state index contributed by atoms with van der Waals surface area (Å²) in [7, 11) is 0. The van der Waals surface area contributed by atoms with Gasteiger partial charge in [-0.2, -0.15) is 0 Å². The number of para-hydroxylation sites is 1. The Kier molecular flexibility index (Phi) is 4.98. The Balaban J connectivity index is 1.43. The molecule has 3 amide bonds. The highest BCUT2D eigenvalue weighted by atomic mass is 16.2. The van der Waals surface area contributed by atoms with Gasteiger partial charge in [0.1, 0.15) is 6.04 Å². The van der Waals surface area contributed by atoms with Gasteiger partial charge in [-0.05, 0) is 54.1 Å². The van der Waals surface area contributed by atoms with Crippen molar-refractivity contribution in [2.24, 2.45) is 11.7 Å². The zero-order chi connectivity index (χ0) is 21.5. The Labute approximate surface area is 181 Å². The van der Waals surface area contributed by atoms with Crippen LogP contribution in [0.25, 0.3) is 0 Å². The molecule has 2 aromatic carbocycles. The van der Waals surface area contributed by atoms with E-state index in [1.807, 2.05) is 12.1 Å². The molecule has 1 fully saturated rings. The number of fused-ring (bicyclic) bond motifs is 2. The molecule has 0 saturated carbocycles. The molecule has 2 atom stereocenters. The summed E-state index contributed by atoms with van der Waals surface area (Å²) in [6, 6.07) is 13.6. The summed E-state index contributed by atoms with van der Waals surface area (Å²) >= 11 is 0. The molecular weight excluding hydrogens is 392 g/mol. The number of imide groups is 1. The van der Waals surface area contributed by atoms with E-state index in [0.717, 1.165) is 24.1 Å². The number of carbonyl (C=O) groups is 3. The number of carbonyl (C=O) groups excluding carboxylic acids is 3. The van der Waals surface area contributed by atoms with E-state index >= 15 is 0 Å². The third-order valence-corrected chi connectivity index (χ3v) is 6.69. The summed E-state index contributed by atoms with van der Waals surface area (Å²) in [5.74, 6) is -0.391. The molecule has 0 aliphatic carbocycles. The van der Waals surface area contributed by atoms with Gasteiger partial charge < -0.3 is 15.5 Å². The SMILES string of the molecule is NCC1Cc2ccccc2N(Cc2cccc3c2CN(C2CCC(=O)NC2=O)C3=O)C1. The van der Waals surface area contributed by atoms with Crippen LogP contribution in [0.1, 0.15) is 39.9 Å². The number of nitrogens with one attached hydrogen (secondary N) is 1. The molecule has 1 saturated heterocycles. The molecule has 3 aliphatic heterocycles. The first kappa shape index (κ1) is 19.8. The second-order valence-electron chi connectivity index (χ2n) is 8.66. The van der Waals surface area contributed by atoms with Crippen molar-refractivity contribution in [3.63, 3.8) is 0 Å². The summed E-state index contributed by atoms with van der Waals surface area (Å²) < 4.78 is 0. The van der Waals surface area contributed by atoms with Gasteiger partial charge >= 0.3 is 0 Å². The lowest BCUT2D eigenvalue weighted by molar-refractivity contribution is -0.136. The van der Waals surface area contributed by atoms with E-state index in [9.17, 15) is 14.4 Å². The van der Waals surface area contributed by atoms with Crippen molar-refractivity contribution >= 4 is 23.4 Å². The molecule has 5 rings (SSSR count). The van der Waals surface area contributed by atoms with Gasteiger partial charge in [-0.25, -0.2) is 0 Å². The minimum absolute atomic E-state index is 0.134. The van der Waals surface area contributed by atoms with Crippen LogP contribution in [0, 0.1) is 5.92 Å². The lowest BCUT2D eigenvalue weighted by atomic mass is 9.91. The third-order valence-electron chi connectivity index (χ3n) is 6.69. The Morgan fingerprint density at radius 3 is 2.71 bits per heavy atom. The van der Waals surface area contributed by atoms with E-state index in [0.29, 0.717) is 37.5 Å². The van der Waals surface area contributed by atoms with Gasteiger partial charge in [-0.15, -0.1) is 0 Å². The van der Waals surface area contributed by atoms with Crippen molar-refractivity contribution < 1.29 is 14.4 Å². The van der Waals surface area contributed by atoms with Gasteiger partial charge in [-0.3, -0.25) is 19.7 Å². The highest BCUT2D eigenvalue weighted by Gasteiger charge is 2.40. The number of hydrogen-bond acceptors (Lipinski definition) is 5. The normalized spacial score (nSPS) is 22.9. The zero-order valence-electron chi connectivity index (χ0n) is 17.3. The highest BCUT2D eigenvalue weighted by molar-refractivity contribution is 6.05. The maximum absolute atomic E-state index is 13.1. The van der Waals surface area contributed by atoms with E-state index < -0.39 is 6.04 Å². The summed E-state index contributed by atoms with van der Waals surface area (Å²) in [6.07, 6.45) is 1.61. The first-order chi connectivity index (χ1) is 15.0. The largest absolute Gasteiger partial charge is 0.367 e. The van der Waals surface area contributed by atoms with Crippen LogP contribution in [0.5, 0.6) is 0 Å². The minimum Gasteiger partial charge on any atom is -0.367 e. The minimum atomic E-state index is -0.595. The molecule has 0 radical (unpaired) electrons. The van der Waals surface area contributed by atoms with Crippen LogP contribution >= 0.6 is 0 Å². The molecule has 3 N–H and O–H groups in total. The van der Waals surface area contributed by atoms with Gasteiger partial charge in [0.05, 0.1) is 0 Å². The number of nitrogens with two attached hydrogens (primary N) is 1. The lowest BCUT2D eigenvalue weighted by Gasteiger charge is -2.36. The number of anilines is 1. The average molecular weight is 418 g/mol. The van der Waals surface area contributed by atoms with Crippen LogP contribution in [-0.4, -0.2) is 41.8 Å². The van der Waals surface area contributed by atoms with E-state index in [1.54, 1.807) is 4.90 Å². The molecule has 0 aromatic heterocycles. The van der Waals surface area contributed by atoms with Crippen molar-refractivity contribution in [3.8, 4) is 0 Å². The van der Waals surface area contributed by atoms with Gasteiger partial charge in [0.2, 0.25) is 11.8 Å². The van der Waals surface area contributed by atoms with E-state index in [1.165, 1.54) is 11.3 Å². The smallest absolute Gasteiger partial charge is 0.255 e. The van der Waals surface area contributed by atoms with E-state index in [4.69, 9.17) is 5.73 Å². The summed E-state index contributed by atoms with van der Waals surface area (Å²) in [4.78, 5) is 40.9. The van der Waals surface area contributed by atoms with Crippen molar-refractivity contribution in [1.82, 2.24) is 10.2 Å². The van der Waals surface area contributed by atoms with E-state index in [2.05, 4.69) is 40.5 Å². The maximum atomic E-state index is 13.1. The molecule has 2 unspecified atom stereocenters.